The number of likely N-dealkylation sites (tertiary alicyclic amines) is 1. The average Bonchev–Trinajstić information content (AvgIpc) is 2.60. The second-order valence-corrected chi connectivity index (χ2v) is 5.80. The molecule has 0 saturated carbocycles. The quantitative estimate of drug-likeness (QED) is 0.839. The van der Waals surface area contributed by atoms with E-state index in [-0.39, 0.29) is 5.91 Å². The maximum absolute atomic E-state index is 12.7. The summed E-state index contributed by atoms with van der Waals surface area (Å²) in [6.45, 7) is 6.77. The number of benzene rings is 1. The van der Waals surface area contributed by atoms with Gasteiger partial charge < -0.3 is 19.7 Å². The second kappa shape index (κ2) is 8.77. The monoisotopic (exact) mass is 320 g/mol. The number of amides is 1. The maximum atomic E-state index is 12.7. The molecule has 0 aliphatic carbocycles. The Morgan fingerprint density at radius 1 is 1.22 bits per heavy atom. The third kappa shape index (κ3) is 4.61. The second-order valence-electron chi connectivity index (χ2n) is 5.80. The number of ether oxygens (including phenoxy) is 2. The fourth-order valence-electron chi connectivity index (χ4n) is 2.79. The minimum atomic E-state index is 0.0718. The van der Waals surface area contributed by atoms with Crippen LogP contribution in [0.3, 0.4) is 0 Å². The topological polar surface area (TPSA) is 50.8 Å². The molecule has 1 aromatic rings. The van der Waals surface area contributed by atoms with Crippen molar-refractivity contribution in [2.75, 3.05) is 33.4 Å². The molecule has 128 valence electrons. The Hall–Kier alpha value is -1.75. The van der Waals surface area contributed by atoms with Gasteiger partial charge in [-0.3, -0.25) is 4.79 Å². The van der Waals surface area contributed by atoms with Crippen LogP contribution in [-0.4, -0.2) is 50.2 Å². The number of hydrogen-bond acceptors (Lipinski definition) is 4. The van der Waals surface area contributed by atoms with E-state index in [1.807, 2.05) is 31.0 Å². The lowest BCUT2D eigenvalue weighted by Crippen LogP contribution is -2.43. The summed E-state index contributed by atoms with van der Waals surface area (Å²) in [7, 11) is 1.98. The molecule has 0 unspecified atom stereocenters. The van der Waals surface area contributed by atoms with Crippen LogP contribution in [0, 0.1) is 0 Å². The van der Waals surface area contributed by atoms with E-state index in [4.69, 9.17) is 9.47 Å². The van der Waals surface area contributed by atoms with Crippen molar-refractivity contribution in [3.05, 3.63) is 23.8 Å². The first kappa shape index (κ1) is 17.6. The van der Waals surface area contributed by atoms with Crippen molar-refractivity contribution >= 4 is 5.91 Å². The molecule has 0 aromatic heterocycles. The molecule has 1 heterocycles. The van der Waals surface area contributed by atoms with Crippen LogP contribution in [0.1, 0.15) is 43.5 Å². The zero-order chi connectivity index (χ0) is 16.7. The van der Waals surface area contributed by atoms with E-state index >= 15 is 0 Å². The van der Waals surface area contributed by atoms with E-state index in [2.05, 4.69) is 12.2 Å². The first-order valence-corrected chi connectivity index (χ1v) is 8.55. The fourth-order valence-corrected chi connectivity index (χ4v) is 2.79. The molecule has 1 aliphatic rings. The van der Waals surface area contributed by atoms with Gasteiger partial charge in [-0.2, -0.15) is 0 Å². The zero-order valence-electron chi connectivity index (χ0n) is 14.4. The molecular weight excluding hydrogens is 292 g/mol. The van der Waals surface area contributed by atoms with Crippen LogP contribution in [-0.2, 0) is 0 Å². The van der Waals surface area contributed by atoms with E-state index in [9.17, 15) is 4.79 Å². The van der Waals surface area contributed by atoms with Crippen LogP contribution < -0.4 is 14.8 Å². The predicted molar refractivity (Wildman–Crippen MR) is 91.4 cm³/mol. The first-order valence-electron chi connectivity index (χ1n) is 8.55. The summed E-state index contributed by atoms with van der Waals surface area (Å²) in [5.41, 5.74) is 0.667. The molecule has 0 bridgehead atoms. The molecule has 1 N–H and O–H groups in total. The molecule has 5 nitrogen and oxygen atoms in total. The van der Waals surface area contributed by atoms with E-state index < -0.39 is 0 Å². The van der Waals surface area contributed by atoms with Crippen LogP contribution >= 0.6 is 0 Å². The summed E-state index contributed by atoms with van der Waals surface area (Å²) in [6, 6.07) is 6.00. The molecule has 0 spiro atoms. The molecule has 2 rings (SSSR count). The highest BCUT2D eigenvalue weighted by Gasteiger charge is 2.23. The molecule has 23 heavy (non-hydrogen) atoms. The summed E-state index contributed by atoms with van der Waals surface area (Å²) in [5, 5.41) is 3.28. The van der Waals surface area contributed by atoms with Gasteiger partial charge in [-0.15, -0.1) is 0 Å². The highest BCUT2D eigenvalue weighted by atomic mass is 16.5. The minimum Gasteiger partial charge on any atom is -0.490 e. The Morgan fingerprint density at radius 3 is 2.57 bits per heavy atom. The van der Waals surface area contributed by atoms with Gasteiger partial charge in [0.2, 0.25) is 0 Å². The number of carbonyl (C=O) groups is 1. The van der Waals surface area contributed by atoms with Crippen molar-refractivity contribution in [1.29, 1.82) is 0 Å². The first-order chi connectivity index (χ1) is 11.2. The van der Waals surface area contributed by atoms with Gasteiger partial charge in [0, 0.05) is 24.7 Å². The van der Waals surface area contributed by atoms with Crippen LogP contribution in [0.2, 0.25) is 0 Å². The van der Waals surface area contributed by atoms with Crippen molar-refractivity contribution in [2.45, 2.75) is 39.2 Å². The van der Waals surface area contributed by atoms with Crippen LogP contribution in [0.15, 0.2) is 18.2 Å². The molecule has 1 aliphatic heterocycles. The van der Waals surface area contributed by atoms with Crippen molar-refractivity contribution in [3.63, 3.8) is 0 Å². The lowest BCUT2D eigenvalue weighted by atomic mass is 10.0. The number of carbonyl (C=O) groups excluding carboxylic acids is 1. The van der Waals surface area contributed by atoms with Crippen molar-refractivity contribution < 1.29 is 14.3 Å². The molecular formula is C18H28N2O3. The summed E-state index contributed by atoms with van der Waals surface area (Å²) < 4.78 is 11.3. The van der Waals surface area contributed by atoms with Crippen LogP contribution in [0.5, 0.6) is 11.5 Å². The highest BCUT2D eigenvalue weighted by Crippen LogP contribution is 2.29. The third-order valence-electron chi connectivity index (χ3n) is 4.14. The smallest absolute Gasteiger partial charge is 0.253 e. The maximum Gasteiger partial charge on any atom is 0.253 e. The zero-order valence-corrected chi connectivity index (χ0v) is 14.4. The predicted octanol–water partition coefficient (Wildman–Crippen LogP) is 2.70. The van der Waals surface area contributed by atoms with Gasteiger partial charge in [-0.1, -0.05) is 6.92 Å². The summed E-state index contributed by atoms with van der Waals surface area (Å²) in [4.78, 5) is 14.6. The summed E-state index contributed by atoms with van der Waals surface area (Å²) in [6.07, 6.45) is 2.93. The molecule has 1 saturated heterocycles. The Balaban J connectivity index is 2.09. The molecule has 1 amide bonds. The number of rotatable bonds is 7. The molecule has 0 radical (unpaired) electrons. The largest absolute Gasteiger partial charge is 0.490 e. The number of hydrogen-bond donors (Lipinski definition) is 1. The normalized spacial score (nSPS) is 15.5. The van der Waals surface area contributed by atoms with Gasteiger partial charge in [-0.05, 0) is 51.4 Å². The summed E-state index contributed by atoms with van der Waals surface area (Å²) >= 11 is 0. The lowest BCUT2D eigenvalue weighted by Gasteiger charge is -2.32. The molecule has 1 aromatic carbocycles. The van der Waals surface area contributed by atoms with E-state index in [1.54, 1.807) is 6.07 Å². The van der Waals surface area contributed by atoms with Gasteiger partial charge in [0.25, 0.3) is 5.91 Å². The molecule has 5 heteroatoms. The average molecular weight is 320 g/mol. The molecule has 1 fully saturated rings. The minimum absolute atomic E-state index is 0.0718. The van der Waals surface area contributed by atoms with Gasteiger partial charge in [0.1, 0.15) is 0 Å². The summed E-state index contributed by atoms with van der Waals surface area (Å²) in [5.74, 6) is 1.43. The van der Waals surface area contributed by atoms with Crippen molar-refractivity contribution in [1.82, 2.24) is 10.2 Å². The van der Waals surface area contributed by atoms with Crippen LogP contribution in [0.4, 0.5) is 0 Å². The Kier molecular flexibility index (Phi) is 6.71. The van der Waals surface area contributed by atoms with Crippen molar-refractivity contribution in [2.24, 2.45) is 0 Å². The number of nitrogens with one attached hydrogen (secondary N) is 1. The standard InChI is InChI=1S/C18H28N2O3/c1-4-12-23-16-7-6-14(13-17(16)22-5-2)18(21)20-10-8-15(19-3)9-11-20/h6-7,13,15,19H,4-5,8-12H2,1-3H3. The highest BCUT2D eigenvalue weighted by molar-refractivity contribution is 5.95. The van der Waals surface area contributed by atoms with Gasteiger partial charge in [0.05, 0.1) is 13.2 Å². The third-order valence-corrected chi connectivity index (χ3v) is 4.14. The van der Waals surface area contributed by atoms with Gasteiger partial charge in [0.15, 0.2) is 11.5 Å². The van der Waals surface area contributed by atoms with Crippen molar-refractivity contribution in [3.8, 4) is 11.5 Å². The molecule has 0 atom stereocenters. The fraction of sp³-hybridized carbons (Fsp3) is 0.611. The van der Waals surface area contributed by atoms with Gasteiger partial charge >= 0.3 is 0 Å². The van der Waals surface area contributed by atoms with Gasteiger partial charge in [-0.25, -0.2) is 0 Å². The van der Waals surface area contributed by atoms with E-state index in [0.717, 1.165) is 32.4 Å². The number of piperidine rings is 1. The Bertz CT molecular complexity index is 511. The number of nitrogens with zero attached hydrogens (tertiary/aromatic N) is 1. The SMILES string of the molecule is CCCOc1ccc(C(=O)N2CCC(NC)CC2)cc1OCC. The van der Waals surface area contributed by atoms with Crippen LogP contribution in [0.25, 0.3) is 0 Å². The Labute approximate surface area is 139 Å². The van der Waals surface area contributed by atoms with E-state index in [1.165, 1.54) is 0 Å². The Morgan fingerprint density at radius 2 is 1.96 bits per heavy atom. The van der Waals surface area contributed by atoms with E-state index in [0.29, 0.717) is 36.3 Å². The lowest BCUT2D eigenvalue weighted by molar-refractivity contribution is 0.0707.